The highest BCUT2D eigenvalue weighted by atomic mass is 32.1. The number of hydrogen-bond acceptors (Lipinski definition) is 5. The second kappa shape index (κ2) is 6.18. The Kier molecular flexibility index (Phi) is 4.29. The van der Waals surface area contributed by atoms with Crippen molar-refractivity contribution >= 4 is 33.3 Å². The van der Waals surface area contributed by atoms with Crippen LogP contribution in [-0.2, 0) is 0 Å². The van der Waals surface area contributed by atoms with E-state index in [-0.39, 0.29) is 0 Å². The summed E-state index contributed by atoms with van der Waals surface area (Å²) >= 11 is 1.70. The summed E-state index contributed by atoms with van der Waals surface area (Å²) in [6.07, 6.45) is 6.50. The van der Waals surface area contributed by atoms with Crippen LogP contribution in [0.4, 0.5) is 11.8 Å². The fourth-order valence-electron chi connectivity index (χ4n) is 3.36. The van der Waals surface area contributed by atoms with Gasteiger partial charge in [0, 0.05) is 18.0 Å². The van der Waals surface area contributed by atoms with Crippen LogP contribution in [0, 0.1) is 12.8 Å². The van der Waals surface area contributed by atoms with Crippen molar-refractivity contribution in [3.63, 3.8) is 0 Å². The van der Waals surface area contributed by atoms with E-state index in [0.717, 1.165) is 29.7 Å². The molecule has 3 rings (SSSR count). The Morgan fingerprint density at radius 3 is 3.00 bits per heavy atom. The van der Waals surface area contributed by atoms with E-state index < -0.39 is 0 Å². The molecule has 0 aliphatic carbocycles. The average Bonchev–Trinajstić information content (AvgIpc) is 2.67. The van der Waals surface area contributed by atoms with E-state index in [0.29, 0.717) is 5.95 Å². The van der Waals surface area contributed by atoms with Gasteiger partial charge >= 0.3 is 0 Å². The SMILES string of the molecule is CCCC1CCCN(c2nc(N)nc3sc(C)cc23)CC1. The maximum atomic E-state index is 5.91. The number of anilines is 2. The molecule has 1 unspecified atom stereocenters. The van der Waals surface area contributed by atoms with Gasteiger partial charge in [-0.05, 0) is 38.2 Å². The first-order chi connectivity index (χ1) is 10.2. The summed E-state index contributed by atoms with van der Waals surface area (Å²) in [5.41, 5.74) is 5.91. The Balaban J connectivity index is 1.89. The summed E-state index contributed by atoms with van der Waals surface area (Å²) in [4.78, 5) is 13.6. The molecule has 1 aliphatic heterocycles. The molecule has 0 aromatic carbocycles. The average molecular weight is 304 g/mol. The van der Waals surface area contributed by atoms with Gasteiger partial charge in [-0.2, -0.15) is 4.98 Å². The van der Waals surface area contributed by atoms with Gasteiger partial charge in [0.2, 0.25) is 5.95 Å². The van der Waals surface area contributed by atoms with Gasteiger partial charge in [-0.25, -0.2) is 4.98 Å². The fourth-order valence-corrected chi connectivity index (χ4v) is 4.24. The molecule has 114 valence electrons. The van der Waals surface area contributed by atoms with Gasteiger partial charge in [0.1, 0.15) is 10.6 Å². The van der Waals surface area contributed by atoms with E-state index >= 15 is 0 Å². The minimum absolute atomic E-state index is 0.397. The van der Waals surface area contributed by atoms with Crippen LogP contribution in [0.15, 0.2) is 6.07 Å². The molecule has 0 amide bonds. The topological polar surface area (TPSA) is 55.0 Å². The number of nitrogens with zero attached hydrogens (tertiary/aromatic N) is 3. The molecule has 0 radical (unpaired) electrons. The van der Waals surface area contributed by atoms with Crippen molar-refractivity contribution in [2.24, 2.45) is 5.92 Å². The molecular weight excluding hydrogens is 280 g/mol. The molecule has 4 nitrogen and oxygen atoms in total. The molecule has 1 saturated heterocycles. The number of nitrogens with two attached hydrogens (primary N) is 1. The summed E-state index contributed by atoms with van der Waals surface area (Å²) in [6.45, 7) is 6.57. The van der Waals surface area contributed by atoms with Gasteiger partial charge in [-0.1, -0.05) is 19.8 Å². The summed E-state index contributed by atoms with van der Waals surface area (Å²) in [6, 6.07) is 2.20. The molecule has 3 heterocycles. The molecular formula is C16H24N4S. The van der Waals surface area contributed by atoms with Gasteiger partial charge in [0.25, 0.3) is 0 Å². The zero-order chi connectivity index (χ0) is 14.8. The molecule has 0 spiro atoms. The highest BCUT2D eigenvalue weighted by molar-refractivity contribution is 7.18. The maximum absolute atomic E-state index is 5.91. The van der Waals surface area contributed by atoms with Crippen molar-refractivity contribution in [1.29, 1.82) is 0 Å². The zero-order valence-corrected chi connectivity index (χ0v) is 13.7. The van der Waals surface area contributed by atoms with E-state index in [4.69, 9.17) is 5.73 Å². The van der Waals surface area contributed by atoms with E-state index in [2.05, 4.69) is 34.8 Å². The monoisotopic (exact) mass is 304 g/mol. The van der Waals surface area contributed by atoms with Gasteiger partial charge in [-0.15, -0.1) is 11.3 Å². The van der Waals surface area contributed by atoms with E-state index in [1.54, 1.807) is 11.3 Å². The highest BCUT2D eigenvalue weighted by Crippen LogP contribution is 2.33. The van der Waals surface area contributed by atoms with E-state index in [1.165, 1.54) is 42.4 Å². The van der Waals surface area contributed by atoms with Crippen LogP contribution in [0.1, 0.15) is 43.9 Å². The quantitative estimate of drug-likeness (QED) is 0.931. The van der Waals surface area contributed by atoms with Crippen molar-refractivity contribution in [2.45, 2.75) is 46.0 Å². The van der Waals surface area contributed by atoms with Gasteiger partial charge < -0.3 is 10.6 Å². The summed E-state index contributed by atoms with van der Waals surface area (Å²) in [5, 5.41) is 1.17. The van der Waals surface area contributed by atoms with Crippen molar-refractivity contribution < 1.29 is 0 Å². The maximum Gasteiger partial charge on any atom is 0.223 e. The number of rotatable bonds is 3. The molecule has 2 aromatic heterocycles. The Bertz CT molecular complexity index is 622. The first-order valence-corrected chi connectivity index (χ1v) is 8.77. The van der Waals surface area contributed by atoms with Crippen LogP contribution >= 0.6 is 11.3 Å². The Labute approximate surface area is 130 Å². The number of aromatic nitrogens is 2. The zero-order valence-electron chi connectivity index (χ0n) is 12.9. The molecule has 1 atom stereocenters. The lowest BCUT2D eigenvalue weighted by molar-refractivity contribution is 0.435. The fraction of sp³-hybridized carbons (Fsp3) is 0.625. The molecule has 2 N–H and O–H groups in total. The minimum atomic E-state index is 0.397. The molecule has 1 aliphatic rings. The van der Waals surface area contributed by atoms with E-state index in [9.17, 15) is 0 Å². The second-order valence-electron chi connectivity index (χ2n) is 6.05. The predicted octanol–water partition coefficient (Wildman–Crippen LogP) is 3.99. The number of nitrogen functional groups attached to an aromatic ring is 1. The summed E-state index contributed by atoms with van der Waals surface area (Å²) in [7, 11) is 0. The third kappa shape index (κ3) is 3.12. The van der Waals surface area contributed by atoms with Crippen LogP contribution in [0.2, 0.25) is 0 Å². The van der Waals surface area contributed by atoms with E-state index in [1.807, 2.05) is 0 Å². The third-order valence-electron chi connectivity index (χ3n) is 4.36. The highest BCUT2D eigenvalue weighted by Gasteiger charge is 2.20. The lowest BCUT2D eigenvalue weighted by Crippen LogP contribution is -2.25. The number of aryl methyl sites for hydroxylation is 1. The lowest BCUT2D eigenvalue weighted by atomic mass is 9.96. The summed E-state index contributed by atoms with van der Waals surface area (Å²) in [5.74, 6) is 2.31. The predicted molar refractivity (Wildman–Crippen MR) is 91.0 cm³/mol. The van der Waals surface area contributed by atoms with Crippen molar-refractivity contribution in [2.75, 3.05) is 23.7 Å². The molecule has 2 aromatic rings. The third-order valence-corrected chi connectivity index (χ3v) is 5.30. The number of hydrogen-bond donors (Lipinski definition) is 1. The first kappa shape index (κ1) is 14.6. The molecule has 21 heavy (non-hydrogen) atoms. The molecule has 0 bridgehead atoms. The second-order valence-corrected chi connectivity index (χ2v) is 7.29. The smallest absolute Gasteiger partial charge is 0.223 e. The van der Waals surface area contributed by atoms with Gasteiger partial charge in [-0.3, -0.25) is 0 Å². The normalized spacial score (nSPS) is 19.9. The lowest BCUT2D eigenvalue weighted by Gasteiger charge is -2.22. The Morgan fingerprint density at radius 1 is 1.33 bits per heavy atom. The minimum Gasteiger partial charge on any atom is -0.368 e. The van der Waals surface area contributed by atoms with Crippen LogP contribution in [0.3, 0.4) is 0 Å². The standard InChI is InChI=1S/C16H24N4S/c1-3-5-12-6-4-8-20(9-7-12)14-13-10-11(2)21-15(13)19-16(17)18-14/h10,12H,3-9H2,1-2H3,(H2,17,18,19). The summed E-state index contributed by atoms with van der Waals surface area (Å²) < 4.78 is 0. The Morgan fingerprint density at radius 2 is 2.19 bits per heavy atom. The largest absolute Gasteiger partial charge is 0.368 e. The Hall–Kier alpha value is -1.36. The first-order valence-electron chi connectivity index (χ1n) is 7.96. The van der Waals surface area contributed by atoms with Crippen LogP contribution in [0.25, 0.3) is 10.2 Å². The van der Waals surface area contributed by atoms with Crippen molar-refractivity contribution in [3.05, 3.63) is 10.9 Å². The molecule has 0 saturated carbocycles. The molecule has 1 fully saturated rings. The number of fused-ring (bicyclic) bond motifs is 1. The van der Waals surface area contributed by atoms with Crippen molar-refractivity contribution in [1.82, 2.24) is 9.97 Å². The van der Waals surface area contributed by atoms with Gasteiger partial charge in [0.15, 0.2) is 0 Å². The van der Waals surface area contributed by atoms with Gasteiger partial charge in [0.05, 0.1) is 5.39 Å². The molecule has 5 heteroatoms. The number of thiophene rings is 1. The van der Waals surface area contributed by atoms with Crippen molar-refractivity contribution in [3.8, 4) is 0 Å². The van der Waals surface area contributed by atoms with Crippen LogP contribution < -0.4 is 10.6 Å². The van der Waals surface area contributed by atoms with Crippen LogP contribution in [-0.4, -0.2) is 23.1 Å². The van der Waals surface area contributed by atoms with Crippen LogP contribution in [0.5, 0.6) is 0 Å².